The molecule has 3 aromatic carbocycles. The van der Waals surface area contributed by atoms with Gasteiger partial charge in [-0.2, -0.15) is 0 Å². The number of amides is 3. The largest absolute Gasteiger partial charge is 0.467 e. The van der Waals surface area contributed by atoms with Crippen LogP contribution in [0.2, 0.25) is 10.0 Å². The van der Waals surface area contributed by atoms with Gasteiger partial charge in [0.15, 0.2) is 0 Å². The topological polar surface area (TPSA) is 114 Å². The van der Waals surface area contributed by atoms with E-state index >= 15 is 0 Å². The second-order valence-corrected chi connectivity index (χ2v) is 11.0. The molecule has 0 spiro atoms. The van der Waals surface area contributed by atoms with Gasteiger partial charge in [0, 0.05) is 24.0 Å². The molecule has 222 valence electrons. The molecule has 1 aliphatic carbocycles. The van der Waals surface area contributed by atoms with Gasteiger partial charge in [0.05, 0.1) is 41.3 Å². The van der Waals surface area contributed by atoms with Gasteiger partial charge in [0.25, 0.3) is 5.91 Å². The predicted molar refractivity (Wildman–Crippen MR) is 166 cm³/mol. The van der Waals surface area contributed by atoms with Crippen LogP contribution in [0, 0.1) is 0 Å². The minimum atomic E-state index is -1.17. The molecule has 1 heterocycles. The molecule has 2 atom stereocenters. The van der Waals surface area contributed by atoms with Crippen LogP contribution in [0.3, 0.4) is 0 Å². The second kappa shape index (κ2) is 13.8. The second-order valence-electron chi connectivity index (χ2n) is 10.2. The van der Waals surface area contributed by atoms with Gasteiger partial charge >= 0.3 is 12.0 Å². The minimum absolute atomic E-state index is 0.00863. The van der Waals surface area contributed by atoms with Crippen molar-refractivity contribution in [3.63, 3.8) is 0 Å². The number of benzene rings is 3. The molecule has 3 amide bonds. The van der Waals surface area contributed by atoms with Crippen LogP contribution in [0.25, 0.3) is 16.9 Å². The zero-order chi connectivity index (χ0) is 30.3. The first kappa shape index (κ1) is 30.1. The maximum absolute atomic E-state index is 13.2. The number of carbonyl (C=O) groups is 3. The Hall–Kier alpha value is -4.34. The maximum Gasteiger partial charge on any atom is 0.330 e. The van der Waals surface area contributed by atoms with Crippen molar-refractivity contribution in [1.29, 1.82) is 0 Å². The zero-order valence-electron chi connectivity index (χ0n) is 23.5. The van der Waals surface area contributed by atoms with E-state index in [4.69, 9.17) is 27.9 Å². The molecular weight excluding hydrogens is 589 g/mol. The molecule has 0 unspecified atom stereocenters. The van der Waals surface area contributed by atoms with E-state index in [-0.39, 0.29) is 22.2 Å². The number of halogens is 2. The fraction of sp³-hybridized carbons (Fsp3) is 0.250. The van der Waals surface area contributed by atoms with Crippen LogP contribution in [-0.4, -0.2) is 53.7 Å². The van der Waals surface area contributed by atoms with E-state index in [1.807, 2.05) is 48.7 Å². The summed E-state index contributed by atoms with van der Waals surface area (Å²) in [6, 6.07) is 19.6. The Morgan fingerprint density at radius 1 is 1.02 bits per heavy atom. The fourth-order valence-electron chi connectivity index (χ4n) is 5.28. The summed E-state index contributed by atoms with van der Waals surface area (Å²) in [5, 5.41) is 8.19. The van der Waals surface area contributed by atoms with Crippen molar-refractivity contribution in [2.75, 3.05) is 20.2 Å². The first-order chi connectivity index (χ1) is 20.8. The van der Waals surface area contributed by atoms with Crippen LogP contribution in [0.1, 0.15) is 40.2 Å². The van der Waals surface area contributed by atoms with Gasteiger partial charge < -0.3 is 25.3 Å². The number of aryl methyl sites for hydroxylation is 1. The highest BCUT2D eigenvalue weighted by atomic mass is 35.5. The molecule has 5 rings (SSSR count). The molecule has 1 aliphatic rings. The Morgan fingerprint density at radius 2 is 1.74 bits per heavy atom. The first-order valence-electron chi connectivity index (χ1n) is 13.9. The van der Waals surface area contributed by atoms with Gasteiger partial charge in [-0.3, -0.25) is 4.79 Å². The van der Waals surface area contributed by atoms with Crippen molar-refractivity contribution in [2.45, 2.75) is 31.2 Å². The van der Waals surface area contributed by atoms with E-state index in [1.165, 1.54) is 18.2 Å². The number of rotatable bonds is 10. The zero-order valence-corrected chi connectivity index (χ0v) is 25.0. The Kier molecular flexibility index (Phi) is 9.64. The molecule has 11 heteroatoms. The summed E-state index contributed by atoms with van der Waals surface area (Å²) >= 11 is 13.0. The summed E-state index contributed by atoms with van der Waals surface area (Å²) in [4.78, 5) is 42.5. The van der Waals surface area contributed by atoms with Gasteiger partial charge in [0.2, 0.25) is 0 Å². The lowest BCUT2D eigenvalue weighted by molar-refractivity contribution is -0.142. The van der Waals surface area contributed by atoms with Crippen molar-refractivity contribution in [2.24, 2.45) is 0 Å². The maximum atomic E-state index is 13.2. The SMILES string of the molecule is COC(=O)[C@H](CNC(=O)NCC[C@@H]1CCc2ccccc21)NC(=O)c1c(Cl)cc(-n2cnc(-c3ccccc3)c2)cc1Cl. The predicted octanol–water partition coefficient (Wildman–Crippen LogP) is 5.54. The molecule has 0 bridgehead atoms. The number of hydrogen-bond donors (Lipinski definition) is 3. The van der Waals surface area contributed by atoms with Crippen LogP contribution in [0.4, 0.5) is 4.79 Å². The van der Waals surface area contributed by atoms with E-state index in [0.29, 0.717) is 18.2 Å². The van der Waals surface area contributed by atoms with Crippen LogP contribution >= 0.6 is 23.2 Å². The molecule has 0 aliphatic heterocycles. The standard InChI is InChI=1S/C32H31Cl2N5O4/c1-43-31(41)27(17-36-32(42)35-14-13-21-12-11-20-7-5-6-10-24(20)21)38-30(40)29-25(33)15-23(16-26(29)34)39-18-28(37-19-39)22-8-3-2-4-9-22/h2-10,15-16,18-19,21,27H,11-14,17H2,1H3,(H,38,40)(H2,35,36,42)/t21-,27-/m0/s1. The lowest BCUT2D eigenvalue weighted by Crippen LogP contribution is -2.50. The normalized spacial score (nSPS) is 14.4. The number of hydrogen-bond acceptors (Lipinski definition) is 5. The lowest BCUT2D eigenvalue weighted by Gasteiger charge is -2.19. The molecule has 1 aromatic heterocycles. The van der Waals surface area contributed by atoms with Crippen molar-refractivity contribution in [1.82, 2.24) is 25.5 Å². The number of methoxy groups -OCH3 is 1. The van der Waals surface area contributed by atoms with Gasteiger partial charge in [-0.15, -0.1) is 0 Å². The van der Waals surface area contributed by atoms with Crippen molar-refractivity contribution in [3.05, 3.63) is 106 Å². The number of esters is 1. The molecule has 0 saturated heterocycles. The molecule has 0 radical (unpaired) electrons. The van der Waals surface area contributed by atoms with E-state index in [1.54, 1.807) is 23.0 Å². The van der Waals surface area contributed by atoms with Crippen molar-refractivity contribution >= 4 is 41.1 Å². The van der Waals surface area contributed by atoms with E-state index < -0.39 is 23.9 Å². The highest BCUT2D eigenvalue weighted by Gasteiger charge is 2.26. The summed E-state index contributed by atoms with van der Waals surface area (Å²) < 4.78 is 6.58. The Labute approximate surface area is 259 Å². The minimum Gasteiger partial charge on any atom is -0.467 e. The number of imidazole rings is 1. The van der Waals surface area contributed by atoms with Gasteiger partial charge in [0.1, 0.15) is 6.04 Å². The van der Waals surface area contributed by atoms with E-state index in [9.17, 15) is 14.4 Å². The Bertz CT molecular complexity index is 1600. The van der Waals surface area contributed by atoms with Gasteiger partial charge in [-0.05, 0) is 48.4 Å². The number of ether oxygens (including phenoxy) is 1. The third-order valence-electron chi connectivity index (χ3n) is 7.50. The monoisotopic (exact) mass is 619 g/mol. The smallest absolute Gasteiger partial charge is 0.330 e. The molecule has 9 nitrogen and oxygen atoms in total. The summed E-state index contributed by atoms with van der Waals surface area (Å²) in [5.41, 5.74) is 5.00. The van der Waals surface area contributed by atoms with Crippen LogP contribution < -0.4 is 16.0 Å². The van der Waals surface area contributed by atoms with Crippen LogP contribution in [0.5, 0.6) is 0 Å². The lowest BCUT2D eigenvalue weighted by atomic mass is 9.98. The Morgan fingerprint density at radius 3 is 2.49 bits per heavy atom. The average Bonchev–Trinajstić information content (AvgIpc) is 3.67. The fourth-order valence-corrected chi connectivity index (χ4v) is 5.92. The van der Waals surface area contributed by atoms with Gasteiger partial charge in [-0.1, -0.05) is 77.8 Å². The third kappa shape index (κ3) is 7.18. The third-order valence-corrected chi connectivity index (χ3v) is 8.09. The number of urea groups is 1. The number of nitrogens with zero attached hydrogens (tertiary/aromatic N) is 2. The van der Waals surface area contributed by atoms with Crippen LogP contribution in [0.15, 0.2) is 79.3 Å². The number of carbonyl (C=O) groups excluding carboxylic acids is 3. The van der Waals surface area contributed by atoms with E-state index in [0.717, 1.165) is 30.5 Å². The number of fused-ring (bicyclic) bond motifs is 1. The summed E-state index contributed by atoms with van der Waals surface area (Å²) in [6.07, 6.45) is 6.36. The first-order valence-corrected chi connectivity index (χ1v) is 14.7. The molecule has 4 aromatic rings. The molecule has 43 heavy (non-hydrogen) atoms. The molecule has 3 N–H and O–H groups in total. The Balaban J connectivity index is 1.18. The average molecular weight is 621 g/mol. The van der Waals surface area contributed by atoms with Crippen LogP contribution in [-0.2, 0) is 16.0 Å². The van der Waals surface area contributed by atoms with Crippen molar-refractivity contribution in [3.8, 4) is 16.9 Å². The highest BCUT2D eigenvalue weighted by Crippen LogP contribution is 2.35. The molecule has 0 saturated carbocycles. The quantitative estimate of drug-likeness (QED) is 0.202. The summed E-state index contributed by atoms with van der Waals surface area (Å²) in [5.74, 6) is -1.01. The molecule has 0 fully saturated rings. The summed E-state index contributed by atoms with van der Waals surface area (Å²) in [7, 11) is 1.20. The highest BCUT2D eigenvalue weighted by molar-refractivity contribution is 6.40. The van der Waals surface area contributed by atoms with Crippen molar-refractivity contribution < 1.29 is 19.1 Å². The summed E-state index contributed by atoms with van der Waals surface area (Å²) in [6.45, 7) is 0.280. The number of nitrogens with one attached hydrogen (secondary N) is 3. The van der Waals surface area contributed by atoms with E-state index in [2.05, 4.69) is 33.1 Å². The van der Waals surface area contributed by atoms with Gasteiger partial charge in [-0.25, -0.2) is 14.6 Å². The number of aromatic nitrogens is 2. The molecular formula is C32H31Cl2N5O4.